The smallest absolute Gasteiger partial charge is 0.359 e. The summed E-state index contributed by atoms with van der Waals surface area (Å²) in [7, 11) is 1.67. The monoisotopic (exact) mass is 421 g/mol. The summed E-state index contributed by atoms with van der Waals surface area (Å²) in [4.78, 5) is 39.5. The maximum atomic E-state index is 12.8. The standard InChI is InChI=1S/C24H27N3O4/c1-16(2)13-27-23(29)20-12-8-7-11-19(20)22(25-27)24(30)31-15-21(28)26(4)14-18-10-6-5-9-17(18)3/h5-12,16H,13-15H2,1-4H3. The zero-order valence-corrected chi connectivity index (χ0v) is 18.3. The number of aryl methyl sites for hydroxylation is 1. The number of ether oxygens (including phenoxy) is 1. The van der Waals surface area contributed by atoms with Crippen molar-refractivity contribution in [3.63, 3.8) is 0 Å². The van der Waals surface area contributed by atoms with Crippen LogP contribution >= 0.6 is 0 Å². The first-order chi connectivity index (χ1) is 14.8. The molecule has 31 heavy (non-hydrogen) atoms. The van der Waals surface area contributed by atoms with Gasteiger partial charge in [-0.15, -0.1) is 0 Å². The van der Waals surface area contributed by atoms with E-state index in [1.807, 2.05) is 45.0 Å². The third-order valence-corrected chi connectivity index (χ3v) is 5.02. The average molecular weight is 421 g/mol. The van der Waals surface area contributed by atoms with Crippen molar-refractivity contribution in [2.45, 2.75) is 33.9 Å². The number of aromatic nitrogens is 2. The summed E-state index contributed by atoms with van der Waals surface area (Å²) in [6.45, 7) is 6.30. The van der Waals surface area contributed by atoms with Gasteiger partial charge in [0, 0.05) is 25.5 Å². The Labute approximate surface area is 181 Å². The fourth-order valence-electron chi connectivity index (χ4n) is 3.29. The second-order valence-corrected chi connectivity index (χ2v) is 8.03. The summed E-state index contributed by atoms with van der Waals surface area (Å²) >= 11 is 0. The molecule has 0 aliphatic carbocycles. The summed E-state index contributed by atoms with van der Waals surface area (Å²) in [5, 5.41) is 5.06. The first kappa shape index (κ1) is 22.2. The molecular weight excluding hydrogens is 394 g/mol. The molecule has 3 aromatic rings. The number of esters is 1. The quantitative estimate of drug-likeness (QED) is 0.548. The summed E-state index contributed by atoms with van der Waals surface area (Å²) in [5.74, 6) is -0.880. The SMILES string of the molecule is Cc1ccccc1CN(C)C(=O)COC(=O)c1nn(CC(C)C)c(=O)c2ccccc12. The minimum absolute atomic E-state index is 0.0326. The third kappa shape index (κ3) is 5.17. The molecule has 0 unspecified atom stereocenters. The first-order valence-corrected chi connectivity index (χ1v) is 10.2. The van der Waals surface area contributed by atoms with Gasteiger partial charge in [0.05, 0.1) is 5.39 Å². The van der Waals surface area contributed by atoms with Gasteiger partial charge < -0.3 is 9.64 Å². The predicted octanol–water partition coefficient (Wildman–Crippen LogP) is 3.18. The van der Waals surface area contributed by atoms with Crippen molar-refractivity contribution in [3.8, 4) is 0 Å². The molecule has 0 N–H and O–H groups in total. The molecule has 0 aliphatic rings. The molecule has 1 heterocycles. The Hall–Kier alpha value is -3.48. The molecule has 7 heteroatoms. The molecule has 0 spiro atoms. The van der Waals surface area contributed by atoms with Crippen LogP contribution in [0, 0.1) is 12.8 Å². The zero-order valence-electron chi connectivity index (χ0n) is 18.3. The lowest BCUT2D eigenvalue weighted by atomic mass is 10.1. The lowest BCUT2D eigenvalue weighted by molar-refractivity contribution is -0.133. The molecule has 0 saturated carbocycles. The summed E-state index contributed by atoms with van der Waals surface area (Å²) in [5.41, 5.74) is 1.89. The second-order valence-electron chi connectivity index (χ2n) is 8.03. The molecule has 0 radical (unpaired) electrons. The largest absolute Gasteiger partial charge is 0.451 e. The number of fused-ring (bicyclic) bond motifs is 1. The summed E-state index contributed by atoms with van der Waals surface area (Å²) < 4.78 is 6.57. The van der Waals surface area contributed by atoms with Gasteiger partial charge >= 0.3 is 5.97 Å². The Morgan fingerprint density at radius 2 is 1.71 bits per heavy atom. The predicted molar refractivity (Wildman–Crippen MR) is 119 cm³/mol. The molecule has 7 nitrogen and oxygen atoms in total. The first-order valence-electron chi connectivity index (χ1n) is 10.2. The van der Waals surface area contributed by atoms with Crippen LogP contribution in [-0.2, 0) is 22.6 Å². The molecule has 1 amide bonds. The van der Waals surface area contributed by atoms with Crippen LogP contribution in [0.5, 0.6) is 0 Å². The van der Waals surface area contributed by atoms with E-state index in [4.69, 9.17) is 4.74 Å². The van der Waals surface area contributed by atoms with E-state index >= 15 is 0 Å². The van der Waals surface area contributed by atoms with Crippen LogP contribution in [0.1, 0.15) is 35.5 Å². The van der Waals surface area contributed by atoms with Gasteiger partial charge in [-0.05, 0) is 30.0 Å². The number of nitrogens with zero attached hydrogens (tertiary/aromatic N) is 3. The lowest BCUT2D eigenvalue weighted by Gasteiger charge is -2.18. The summed E-state index contributed by atoms with van der Waals surface area (Å²) in [6.07, 6.45) is 0. The molecule has 1 aromatic heterocycles. The normalized spacial score (nSPS) is 11.0. The zero-order chi connectivity index (χ0) is 22.5. The Bertz CT molecular complexity index is 1170. The number of rotatable bonds is 7. The van der Waals surface area contributed by atoms with Gasteiger partial charge in [0.1, 0.15) is 0 Å². The minimum atomic E-state index is -0.730. The van der Waals surface area contributed by atoms with Gasteiger partial charge in [0.25, 0.3) is 11.5 Å². The molecule has 3 rings (SSSR count). The van der Waals surface area contributed by atoms with Gasteiger partial charge in [0.15, 0.2) is 12.3 Å². The molecular formula is C24H27N3O4. The van der Waals surface area contributed by atoms with Gasteiger partial charge in [-0.1, -0.05) is 56.3 Å². The number of likely N-dealkylation sites (N-methyl/N-ethyl adjacent to an activating group) is 1. The maximum Gasteiger partial charge on any atom is 0.359 e. The molecule has 0 bridgehead atoms. The fourth-order valence-corrected chi connectivity index (χ4v) is 3.29. The average Bonchev–Trinajstić information content (AvgIpc) is 2.75. The summed E-state index contributed by atoms with van der Waals surface area (Å²) in [6, 6.07) is 14.6. The maximum absolute atomic E-state index is 12.8. The van der Waals surface area contributed by atoms with Crippen molar-refractivity contribution in [2.75, 3.05) is 13.7 Å². The van der Waals surface area contributed by atoms with Gasteiger partial charge in [-0.25, -0.2) is 9.48 Å². The van der Waals surface area contributed by atoms with E-state index in [-0.39, 0.29) is 23.1 Å². The van der Waals surface area contributed by atoms with Crippen LogP contribution < -0.4 is 5.56 Å². The van der Waals surface area contributed by atoms with Crippen LogP contribution in [0.2, 0.25) is 0 Å². The van der Waals surface area contributed by atoms with Gasteiger partial charge in [0.2, 0.25) is 0 Å². The van der Waals surface area contributed by atoms with Crippen molar-refractivity contribution in [2.24, 2.45) is 5.92 Å². The highest BCUT2D eigenvalue weighted by Crippen LogP contribution is 2.15. The second kappa shape index (κ2) is 9.55. The number of hydrogen-bond acceptors (Lipinski definition) is 5. The minimum Gasteiger partial charge on any atom is -0.451 e. The van der Waals surface area contributed by atoms with Crippen molar-refractivity contribution < 1.29 is 14.3 Å². The van der Waals surface area contributed by atoms with Gasteiger partial charge in [-0.3, -0.25) is 9.59 Å². The van der Waals surface area contributed by atoms with Gasteiger partial charge in [-0.2, -0.15) is 5.10 Å². The van der Waals surface area contributed by atoms with E-state index in [1.165, 1.54) is 9.58 Å². The van der Waals surface area contributed by atoms with E-state index in [9.17, 15) is 14.4 Å². The van der Waals surface area contributed by atoms with Crippen molar-refractivity contribution in [3.05, 3.63) is 75.7 Å². The molecule has 0 aliphatic heterocycles. The molecule has 0 saturated heterocycles. The Balaban J connectivity index is 1.77. The molecule has 0 atom stereocenters. The molecule has 0 fully saturated rings. The number of carbonyl (C=O) groups excluding carboxylic acids is 2. The number of hydrogen-bond donors (Lipinski definition) is 0. The Morgan fingerprint density at radius 1 is 1.06 bits per heavy atom. The van der Waals surface area contributed by atoms with Crippen LogP contribution in [0.4, 0.5) is 0 Å². The van der Waals surface area contributed by atoms with Crippen LogP contribution in [0.25, 0.3) is 10.8 Å². The Kier molecular flexibility index (Phi) is 6.84. The van der Waals surface area contributed by atoms with Crippen molar-refractivity contribution in [1.29, 1.82) is 0 Å². The molecule has 2 aromatic carbocycles. The number of benzene rings is 2. The van der Waals surface area contributed by atoms with Crippen LogP contribution in [0.15, 0.2) is 53.3 Å². The van der Waals surface area contributed by atoms with E-state index in [1.54, 1.807) is 31.3 Å². The lowest BCUT2D eigenvalue weighted by Crippen LogP contribution is -2.32. The van der Waals surface area contributed by atoms with E-state index in [0.717, 1.165) is 11.1 Å². The highest BCUT2D eigenvalue weighted by atomic mass is 16.5. The van der Waals surface area contributed by atoms with E-state index in [2.05, 4.69) is 5.10 Å². The number of carbonyl (C=O) groups is 2. The fraction of sp³-hybridized carbons (Fsp3) is 0.333. The van der Waals surface area contributed by atoms with Crippen LogP contribution in [0.3, 0.4) is 0 Å². The molecule has 162 valence electrons. The number of amides is 1. The third-order valence-electron chi connectivity index (χ3n) is 5.02. The van der Waals surface area contributed by atoms with E-state index in [0.29, 0.717) is 23.9 Å². The van der Waals surface area contributed by atoms with Crippen molar-refractivity contribution >= 4 is 22.6 Å². The van der Waals surface area contributed by atoms with E-state index < -0.39 is 12.6 Å². The van der Waals surface area contributed by atoms with Crippen molar-refractivity contribution in [1.82, 2.24) is 14.7 Å². The topological polar surface area (TPSA) is 81.5 Å². The van der Waals surface area contributed by atoms with Crippen LogP contribution in [-0.4, -0.2) is 40.2 Å². The highest BCUT2D eigenvalue weighted by molar-refractivity contribution is 6.02. The highest BCUT2D eigenvalue weighted by Gasteiger charge is 2.20. The Morgan fingerprint density at radius 3 is 2.39 bits per heavy atom.